The van der Waals surface area contributed by atoms with E-state index in [1.54, 1.807) is 12.1 Å². The molecule has 0 bridgehead atoms. The summed E-state index contributed by atoms with van der Waals surface area (Å²) in [5, 5.41) is 4.84. The van der Waals surface area contributed by atoms with Gasteiger partial charge < -0.3 is 20.1 Å². The number of carbonyl (C=O) groups excluding carboxylic acids is 3. The first-order valence-electron chi connectivity index (χ1n) is 8.48. The van der Waals surface area contributed by atoms with Gasteiger partial charge in [0.1, 0.15) is 11.6 Å². The highest BCUT2D eigenvalue weighted by atomic mass is 19.1. The van der Waals surface area contributed by atoms with E-state index in [-0.39, 0.29) is 13.0 Å². The molecule has 0 spiro atoms. The van der Waals surface area contributed by atoms with Crippen molar-refractivity contribution in [3.8, 4) is 5.75 Å². The largest absolute Gasteiger partial charge is 0.496 e. The maximum absolute atomic E-state index is 12.8. The van der Waals surface area contributed by atoms with Gasteiger partial charge in [-0.15, -0.1) is 0 Å². The Kier molecular flexibility index (Phi) is 7.50. The Bertz CT molecular complexity index is 852. The van der Waals surface area contributed by atoms with Crippen LogP contribution in [0.1, 0.15) is 11.1 Å². The van der Waals surface area contributed by atoms with Gasteiger partial charge in [0.15, 0.2) is 6.61 Å². The van der Waals surface area contributed by atoms with Crippen LogP contribution in [0.15, 0.2) is 42.5 Å². The van der Waals surface area contributed by atoms with Crippen LogP contribution in [0.5, 0.6) is 5.75 Å². The average molecular weight is 388 g/mol. The molecule has 0 unspecified atom stereocenters. The van der Waals surface area contributed by atoms with Crippen LogP contribution in [0.4, 0.5) is 10.1 Å². The molecule has 7 nitrogen and oxygen atoms in total. The van der Waals surface area contributed by atoms with E-state index in [1.165, 1.54) is 31.4 Å². The smallest absolute Gasteiger partial charge is 0.310 e. The summed E-state index contributed by atoms with van der Waals surface area (Å²) in [7, 11) is 1.50. The predicted molar refractivity (Wildman–Crippen MR) is 100 cm³/mol. The van der Waals surface area contributed by atoms with Crippen molar-refractivity contribution in [3.05, 3.63) is 59.4 Å². The fourth-order valence-corrected chi connectivity index (χ4v) is 2.37. The van der Waals surface area contributed by atoms with E-state index in [2.05, 4.69) is 10.6 Å². The number of halogens is 1. The van der Waals surface area contributed by atoms with E-state index >= 15 is 0 Å². The number of rotatable bonds is 8. The third-order valence-electron chi connectivity index (χ3n) is 3.71. The molecule has 0 atom stereocenters. The first-order valence-corrected chi connectivity index (χ1v) is 8.48. The van der Waals surface area contributed by atoms with Gasteiger partial charge in [0.2, 0.25) is 5.91 Å². The molecule has 0 heterocycles. The van der Waals surface area contributed by atoms with Gasteiger partial charge in [0.25, 0.3) is 5.91 Å². The number of carbonyl (C=O) groups is 3. The minimum absolute atomic E-state index is 0.0385. The molecule has 0 radical (unpaired) electrons. The van der Waals surface area contributed by atoms with Crippen LogP contribution in [0.3, 0.4) is 0 Å². The number of benzene rings is 2. The molecule has 28 heavy (non-hydrogen) atoms. The highest BCUT2D eigenvalue weighted by Gasteiger charge is 2.13. The fourth-order valence-electron chi connectivity index (χ4n) is 2.37. The second-order valence-electron chi connectivity index (χ2n) is 5.98. The Hall–Kier alpha value is -3.42. The molecule has 2 N–H and O–H groups in total. The Morgan fingerprint density at radius 2 is 1.75 bits per heavy atom. The zero-order valence-corrected chi connectivity index (χ0v) is 15.6. The molecule has 0 aromatic heterocycles. The zero-order chi connectivity index (χ0) is 20.5. The van der Waals surface area contributed by atoms with Crippen LogP contribution in [0.2, 0.25) is 0 Å². The first-order chi connectivity index (χ1) is 13.4. The fraction of sp³-hybridized carbons (Fsp3) is 0.250. The van der Waals surface area contributed by atoms with Gasteiger partial charge >= 0.3 is 5.97 Å². The number of anilines is 1. The molecular formula is C20H21FN2O5. The van der Waals surface area contributed by atoms with E-state index in [0.29, 0.717) is 17.0 Å². The van der Waals surface area contributed by atoms with Crippen LogP contribution < -0.4 is 15.4 Å². The molecule has 2 aromatic carbocycles. The molecule has 0 fully saturated rings. The Labute approximate surface area is 161 Å². The van der Waals surface area contributed by atoms with Crippen molar-refractivity contribution < 1.29 is 28.2 Å². The molecule has 0 aliphatic carbocycles. The molecule has 148 valence electrons. The monoisotopic (exact) mass is 388 g/mol. The summed E-state index contributed by atoms with van der Waals surface area (Å²) in [5.74, 6) is -1.55. The van der Waals surface area contributed by atoms with E-state index in [9.17, 15) is 18.8 Å². The summed E-state index contributed by atoms with van der Waals surface area (Å²) in [6.07, 6.45) is -0.0385. The van der Waals surface area contributed by atoms with Crippen LogP contribution >= 0.6 is 0 Å². The number of aryl methyl sites for hydroxylation is 1. The third kappa shape index (κ3) is 6.71. The second kappa shape index (κ2) is 10.1. The van der Waals surface area contributed by atoms with Gasteiger partial charge in [0, 0.05) is 11.3 Å². The van der Waals surface area contributed by atoms with Crippen LogP contribution in [0.25, 0.3) is 0 Å². The Morgan fingerprint density at radius 1 is 1.04 bits per heavy atom. The molecular weight excluding hydrogens is 367 g/mol. The Balaban J connectivity index is 1.73. The maximum atomic E-state index is 12.8. The van der Waals surface area contributed by atoms with E-state index in [1.807, 2.05) is 13.0 Å². The molecule has 0 saturated carbocycles. The SMILES string of the molecule is COc1ccc(C)cc1CC(=O)OCC(=O)NCC(=O)Nc1ccc(F)cc1. The van der Waals surface area contributed by atoms with Crippen LogP contribution in [-0.2, 0) is 25.5 Å². The quantitative estimate of drug-likeness (QED) is 0.675. The van der Waals surface area contributed by atoms with Gasteiger partial charge in [-0.05, 0) is 37.3 Å². The lowest BCUT2D eigenvalue weighted by molar-refractivity contribution is -0.147. The number of hydrogen-bond donors (Lipinski definition) is 2. The maximum Gasteiger partial charge on any atom is 0.310 e. The van der Waals surface area contributed by atoms with Crippen molar-refractivity contribution in [1.29, 1.82) is 0 Å². The van der Waals surface area contributed by atoms with Crippen molar-refractivity contribution in [2.45, 2.75) is 13.3 Å². The van der Waals surface area contributed by atoms with Crippen molar-refractivity contribution in [3.63, 3.8) is 0 Å². The lowest BCUT2D eigenvalue weighted by atomic mass is 10.1. The van der Waals surface area contributed by atoms with Crippen molar-refractivity contribution in [2.24, 2.45) is 0 Å². The molecule has 2 aromatic rings. The summed E-state index contributed by atoms with van der Waals surface area (Å²) >= 11 is 0. The molecule has 8 heteroatoms. The Morgan fingerprint density at radius 3 is 2.43 bits per heavy atom. The molecule has 0 aliphatic heterocycles. The average Bonchev–Trinajstić information content (AvgIpc) is 2.67. The molecule has 0 aliphatic rings. The van der Waals surface area contributed by atoms with E-state index in [4.69, 9.17) is 9.47 Å². The summed E-state index contributed by atoms with van der Waals surface area (Å²) < 4.78 is 22.9. The highest BCUT2D eigenvalue weighted by Crippen LogP contribution is 2.20. The number of esters is 1. The molecule has 0 saturated heterocycles. The van der Waals surface area contributed by atoms with Gasteiger partial charge in [-0.25, -0.2) is 4.39 Å². The predicted octanol–water partition coefficient (Wildman–Crippen LogP) is 1.98. The van der Waals surface area contributed by atoms with Gasteiger partial charge in [-0.2, -0.15) is 0 Å². The summed E-state index contributed by atoms with van der Waals surface area (Å²) in [6, 6.07) is 10.6. The normalized spacial score (nSPS) is 10.1. The number of methoxy groups -OCH3 is 1. The van der Waals surface area contributed by atoms with Crippen LogP contribution in [0, 0.1) is 12.7 Å². The number of hydrogen-bond acceptors (Lipinski definition) is 5. The van der Waals surface area contributed by atoms with Gasteiger partial charge in [-0.3, -0.25) is 14.4 Å². The first kappa shape index (κ1) is 20.9. The van der Waals surface area contributed by atoms with Crippen molar-refractivity contribution >= 4 is 23.5 Å². The van der Waals surface area contributed by atoms with Crippen molar-refractivity contribution in [1.82, 2.24) is 5.32 Å². The highest BCUT2D eigenvalue weighted by molar-refractivity contribution is 5.94. The van der Waals surface area contributed by atoms with Crippen molar-refractivity contribution in [2.75, 3.05) is 25.6 Å². The van der Waals surface area contributed by atoms with E-state index in [0.717, 1.165) is 5.56 Å². The lowest BCUT2D eigenvalue weighted by Gasteiger charge is -2.10. The van der Waals surface area contributed by atoms with Crippen LogP contribution in [-0.4, -0.2) is 38.0 Å². The topological polar surface area (TPSA) is 93.7 Å². The standard InChI is InChI=1S/C20H21FN2O5/c1-13-3-8-17(27-2)14(9-13)10-20(26)28-12-19(25)22-11-18(24)23-16-6-4-15(21)5-7-16/h3-9H,10-12H2,1-2H3,(H,22,25)(H,23,24). The minimum Gasteiger partial charge on any atom is -0.496 e. The minimum atomic E-state index is -0.612. The zero-order valence-electron chi connectivity index (χ0n) is 15.6. The summed E-state index contributed by atoms with van der Waals surface area (Å²) in [4.78, 5) is 35.4. The third-order valence-corrected chi connectivity index (χ3v) is 3.71. The van der Waals surface area contributed by atoms with Gasteiger partial charge in [0.05, 0.1) is 20.1 Å². The van der Waals surface area contributed by atoms with Gasteiger partial charge in [-0.1, -0.05) is 17.7 Å². The molecule has 2 amide bonds. The number of ether oxygens (including phenoxy) is 2. The summed E-state index contributed by atoms with van der Waals surface area (Å²) in [6.45, 7) is 1.08. The second-order valence-corrected chi connectivity index (χ2v) is 5.98. The van der Waals surface area contributed by atoms with E-state index < -0.39 is 30.2 Å². The lowest BCUT2D eigenvalue weighted by Crippen LogP contribution is -2.35. The number of amides is 2. The summed E-state index contributed by atoms with van der Waals surface area (Å²) in [5.41, 5.74) is 2.03. The molecule has 2 rings (SSSR count). The number of nitrogens with one attached hydrogen (secondary N) is 2.